The third-order valence-electron chi connectivity index (χ3n) is 4.23. The Morgan fingerprint density at radius 1 is 0.963 bits per heavy atom. The lowest BCUT2D eigenvalue weighted by atomic mass is 10.1. The molecule has 0 aromatic heterocycles. The number of rotatable bonds is 6. The van der Waals surface area contributed by atoms with Gasteiger partial charge in [-0.15, -0.1) is 4.40 Å². The first-order valence-electron chi connectivity index (χ1n) is 9.03. The third-order valence-corrected chi connectivity index (χ3v) is 6.08. The van der Waals surface area contributed by atoms with Gasteiger partial charge < -0.3 is 4.90 Å². The van der Waals surface area contributed by atoms with Gasteiger partial charge in [-0.3, -0.25) is 0 Å². The van der Waals surface area contributed by atoms with E-state index in [1.807, 2.05) is 31.2 Å². The number of hydrogen-bond acceptors (Lipinski definition) is 2. The maximum atomic E-state index is 12.9. The van der Waals surface area contributed by atoms with Crippen LogP contribution in [0.15, 0.2) is 62.3 Å². The van der Waals surface area contributed by atoms with E-state index >= 15 is 0 Å². The van der Waals surface area contributed by atoms with Crippen LogP contribution < -0.4 is 0 Å². The van der Waals surface area contributed by atoms with E-state index in [-0.39, 0.29) is 17.0 Å². The fourth-order valence-corrected chi connectivity index (χ4v) is 4.34. The Kier molecular flexibility index (Phi) is 7.23. The Balaban J connectivity index is 2.51. The van der Waals surface area contributed by atoms with Crippen molar-refractivity contribution in [1.82, 2.24) is 4.90 Å². The van der Waals surface area contributed by atoms with Crippen molar-refractivity contribution < 1.29 is 8.42 Å². The SMILES string of the molecule is Cc1ccc(S(=O)(=O)/N=C(\Cc2ccc(Br)cc2)N(C(C)C)C(C)C)cc1. The minimum Gasteiger partial charge on any atom is -0.354 e. The first-order chi connectivity index (χ1) is 12.6. The zero-order valence-corrected chi connectivity index (χ0v) is 18.9. The van der Waals surface area contributed by atoms with E-state index in [9.17, 15) is 8.42 Å². The maximum absolute atomic E-state index is 12.9. The summed E-state index contributed by atoms with van der Waals surface area (Å²) in [6.45, 7) is 10.1. The van der Waals surface area contributed by atoms with Crippen LogP contribution in [-0.4, -0.2) is 31.2 Å². The van der Waals surface area contributed by atoms with Crippen LogP contribution in [0.25, 0.3) is 0 Å². The van der Waals surface area contributed by atoms with E-state index in [2.05, 4.69) is 52.9 Å². The number of amidine groups is 1. The van der Waals surface area contributed by atoms with Crippen molar-refractivity contribution >= 4 is 31.8 Å². The Morgan fingerprint density at radius 3 is 1.96 bits per heavy atom. The van der Waals surface area contributed by atoms with Gasteiger partial charge in [0.15, 0.2) is 0 Å². The molecule has 0 bridgehead atoms. The van der Waals surface area contributed by atoms with Crippen molar-refractivity contribution in [2.75, 3.05) is 0 Å². The molecule has 0 aliphatic heterocycles. The van der Waals surface area contributed by atoms with Crippen molar-refractivity contribution in [2.45, 2.75) is 58.0 Å². The molecule has 0 heterocycles. The second-order valence-electron chi connectivity index (χ2n) is 7.19. The molecule has 6 heteroatoms. The molecular weight excluding hydrogens is 424 g/mol. The molecule has 0 aliphatic rings. The highest BCUT2D eigenvalue weighted by Gasteiger charge is 2.23. The topological polar surface area (TPSA) is 49.7 Å². The molecule has 0 unspecified atom stereocenters. The van der Waals surface area contributed by atoms with Gasteiger partial charge in [0, 0.05) is 23.0 Å². The third kappa shape index (κ3) is 5.91. The average molecular weight is 451 g/mol. The molecule has 0 amide bonds. The van der Waals surface area contributed by atoms with Gasteiger partial charge in [-0.1, -0.05) is 45.8 Å². The second kappa shape index (κ2) is 9.02. The summed E-state index contributed by atoms with van der Waals surface area (Å²) in [5, 5.41) is 0. The number of hydrogen-bond donors (Lipinski definition) is 0. The smallest absolute Gasteiger partial charge is 0.283 e. The molecule has 2 rings (SSSR count). The van der Waals surface area contributed by atoms with Gasteiger partial charge in [0.2, 0.25) is 0 Å². The van der Waals surface area contributed by atoms with E-state index in [1.165, 1.54) is 0 Å². The zero-order valence-electron chi connectivity index (χ0n) is 16.5. The summed E-state index contributed by atoms with van der Waals surface area (Å²) in [6, 6.07) is 14.9. The van der Waals surface area contributed by atoms with E-state index < -0.39 is 10.0 Å². The Bertz CT molecular complexity index is 879. The van der Waals surface area contributed by atoms with Crippen LogP contribution in [0.5, 0.6) is 0 Å². The highest BCUT2D eigenvalue weighted by Crippen LogP contribution is 2.19. The molecule has 0 saturated heterocycles. The first kappa shape index (κ1) is 21.6. The molecule has 0 aliphatic carbocycles. The monoisotopic (exact) mass is 450 g/mol. The van der Waals surface area contributed by atoms with Gasteiger partial charge in [0.05, 0.1) is 4.90 Å². The fraction of sp³-hybridized carbons (Fsp3) is 0.381. The normalized spacial score (nSPS) is 12.7. The maximum Gasteiger partial charge on any atom is 0.283 e. The van der Waals surface area contributed by atoms with E-state index in [1.54, 1.807) is 24.3 Å². The summed E-state index contributed by atoms with van der Waals surface area (Å²) in [4.78, 5) is 2.28. The molecule has 4 nitrogen and oxygen atoms in total. The molecule has 27 heavy (non-hydrogen) atoms. The van der Waals surface area contributed by atoms with Crippen LogP contribution >= 0.6 is 15.9 Å². The molecule has 0 spiro atoms. The van der Waals surface area contributed by atoms with Crippen LogP contribution in [0.1, 0.15) is 38.8 Å². The van der Waals surface area contributed by atoms with Crippen molar-refractivity contribution in [3.8, 4) is 0 Å². The molecule has 0 atom stereocenters. The number of benzene rings is 2. The van der Waals surface area contributed by atoms with Gasteiger partial charge in [-0.2, -0.15) is 8.42 Å². The lowest BCUT2D eigenvalue weighted by molar-refractivity contribution is 0.288. The predicted octanol–water partition coefficient (Wildman–Crippen LogP) is 5.21. The highest BCUT2D eigenvalue weighted by molar-refractivity contribution is 9.10. The lowest BCUT2D eigenvalue weighted by Gasteiger charge is -2.34. The van der Waals surface area contributed by atoms with Crippen LogP contribution in [0.4, 0.5) is 0 Å². The summed E-state index contributed by atoms with van der Waals surface area (Å²) in [5.74, 6) is 0.558. The molecule has 0 radical (unpaired) electrons. The summed E-state index contributed by atoms with van der Waals surface area (Å²) < 4.78 is 31.1. The van der Waals surface area contributed by atoms with Gasteiger partial charge >= 0.3 is 0 Å². The highest BCUT2D eigenvalue weighted by atomic mass is 79.9. The molecule has 2 aromatic rings. The molecule has 146 valence electrons. The number of halogens is 1. The number of nitrogens with zero attached hydrogens (tertiary/aromatic N) is 2. The van der Waals surface area contributed by atoms with Gasteiger partial charge in [-0.05, 0) is 64.4 Å². The zero-order chi connectivity index (χ0) is 20.2. The van der Waals surface area contributed by atoms with Gasteiger partial charge in [-0.25, -0.2) is 0 Å². The van der Waals surface area contributed by atoms with Gasteiger partial charge in [0.1, 0.15) is 5.84 Å². The molecule has 0 saturated carbocycles. The van der Waals surface area contributed by atoms with Crippen LogP contribution in [0, 0.1) is 6.92 Å². The van der Waals surface area contributed by atoms with Crippen LogP contribution in [0.2, 0.25) is 0 Å². The van der Waals surface area contributed by atoms with Crippen molar-refractivity contribution in [1.29, 1.82) is 0 Å². The fourth-order valence-electron chi connectivity index (χ4n) is 3.05. The summed E-state index contributed by atoms with van der Waals surface area (Å²) in [6.07, 6.45) is 0.453. The Hall–Kier alpha value is -1.66. The minimum atomic E-state index is -3.78. The molecule has 0 N–H and O–H groups in total. The second-order valence-corrected chi connectivity index (χ2v) is 9.71. The predicted molar refractivity (Wildman–Crippen MR) is 116 cm³/mol. The number of aryl methyl sites for hydroxylation is 1. The Morgan fingerprint density at radius 2 is 1.48 bits per heavy atom. The van der Waals surface area contributed by atoms with Crippen molar-refractivity contribution in [3.63, 3.8) is 0 Å². The lowest BCUT2D eigenvalue weighted by Crippen LogP contribution is -2.43. The van der Waals surface area contributed by atoms with Crippen LogP contribution in [-0.2, 0) is 16.4 Å². The van der Waals surface area contributed by atoms with Crippen LogP contribution in [0.3, 0.4) is 0 Å². The van der Waals surface area contributed by atoms with E-state index in [4.69, 9.17) is 0 Å². The molecular formula is C21H27BrN2O2S. The molecule has 2 aromatic carbocycles. The summed E-state index contributed by atoms with van der Waals surface area (Å²) in [7, 11) is -3.78. The quantitative estimate of drug-likeness (QED) is 0.448. The average Bonchev–Trinajstić information content (AvgIpc) is 2.56. The van der Waals surface area contributed by atoms with E-state index in [0.717, 1.165) is 15.6 Å². The standard InChI is InChI=1S/C21H27BrN2O2S/c1-15(2)24(16(3)4)21(14-18-8-10-19(22)11-9-18)23-27(25,26)20-12-6-17(5)7-13-20/h6-13,15-16H,14H2,1-5H3/b23-21+. The van der Waals surface area contributed by atoms with Gasteiger partial charge in [0.25, 0.3) is 10.0 Å². The molecule has 0 fully saturated rings. The first-order valence-corrected chi connectivity index (χ1v) is 11.3. The summed E-state index contributed by atoms with van der Waals surface area (Å²) >= 11 is 3.44. The summed E-state index contributed by atoms with van der Waals surface area (Å²) in [5.41, 5.74) is 2.03. The largest absolute Gasteiger partial charge is 0.354 e. The van der Waals surface area contributed by atoms with Crippen molar-refractivity contribution in [2.24, 2.45) is 4.40 Å². The Labute approximate surface area is 171 Å². The minimum absolute atomic E-state index is 0.132. The van der Waals surface area contributed by atoms with Crippen molar-refractivity contribution in [3.05, 3.63) is 64.1 Å². The van der Waals surface area contributed by atoms with E-state index in [0.29, 0.717) is 12.3 Å². The number of sulfonamides is 1.